The lowest BCUT2D eigenvalue weighted by atomic mass is 10.2. The van der Waals surface area contributed by atoms with Crippen molar-refractivity contribution in [2.24, 2.45) is 0 Å². The van der Waals surface area contributed by atoms with E-state index >= 15 is 0 Å². The van der Waals surface area contributed by atoms with Crippen LogP contribution in [0.1, 0.15) is 13.3 Å². The van der Waals surface area contributed by atoms with Crippen LogP contribution < -0.4 is 5.32 Å². The summed E-state index contributed by atoms with van der Waals surface area (Å²) >= 11 is 2.08. The Morgan fingerprint density at radius 1 is 1.47 bits per heavy atom. The number of hydrogen-bond acceptors (Lipinski definition) is 4. The molecular formula is C11H24N2OS. The second kappa shape index (κ2) is 8.39. The number of nitrogens with zero attached hydrogens (tertiary/aromatic N) is 1. The molecule has 0 bridgehead atoms. The first kappa shape index (κ1) is 13.3. The quantitative estimate of drug-likeness (QED) is 0.632. The Balaban J connectivity index is 1.90. The second-order valence-corrected chi connectivity index (χ2v) is 5.09. The van der Waals surface area contributed by atoms with Crippen LogP contribution >= 0.6 is 11.8 Å². The van der Waals surface area contributed by atoms with Crippen LogP contribution in [-0.4, -0.2) is 62.3 Å². The molecule has 1 heterocycles. The summed E-state index contributed by atoms with van der Waals surface area (Å²) in [6, 6.07) is 0.809. The highest BCUT2D eigenvalue weighted by atomic mass is 32.2. The Morgan fingerprint density at radius 3 is 3.00 bits per heavy atom. The van der Waals surface area contributed by atoms with E-state index in [1.807, 2.05) is 6.92 Å². The van der Waals surface area contributed by atoms with Gasteiger partial charge < -0.3 is 15.0 Å². The number of likely N-dealkylation sites (N-methyl/N-ethyl adjacent to an activating group) is 1. The van der Waals surface area contributed by atoms with E-state index < -0.39 is 0 Å². The molecular weight excluding hydrogens is 208 g/mol. The molecule has 0 spiro atoms. The molecule has 1 aliphatic rings. The van der Waals surface area contributed by atoms with Gasteiger partial charge in [-0.25, -0.2) is 0 Å². The third kappa shape index (κ3) is 5.76. The minimum absolute atomic E-state index is 0.809. The zero-order valence-corrected chi connectivity index (χ0v) is 10.8. The summed E-state index contributed by atoms with van der Waals surface area (Å²) in [5, 5.41) is 3.40. The van der Waals surface area contributed by atoms with Gasteiger partial charge in [-0.3, -0.25) is 0 Å². The third-order valence-corrected chi connectivity index (χ3v) is 3.94. The predicted molar refractivity (Wildman–Crippen MR) is 67.7 cm³/mol. The fraction of sp³-hybridized carbons (Fsp3) is 1.00. The molecule has 90 valence electrons. The van der Waals surface area contributed by atoms with E-state index in [2.05, 4.69) is 29.0 Å². The number of rotatable bonds is 8. The van der Waals surface area contributed by atoms with Gasteiger partial charge in [0.2, 0.25) is 0 Å². The Kier molecular flexibility index (Phi) is 7.44. The van der Waals surface area contributed by atoms with E-state index in [1.54, 1.807) is 0 Å². The van der Waals surface area contributed by atoms with Gasteiger partial charge in [0.1, 0.15) is 0 Å². The molecule has 1 atom stereocenters. The second-order valence-electron chi connectivity index (χ2n) is 3.94. The van der Waals surface area contributed by atoms with E-state index in [4.69, 9.17) is 4.74 Å². The van der Waals surface area contributed by atoms with Crippen molar-refractivity contribution in [2.45, 2.75) is 19.4 Å². The minimum Gasteiger partial charge on any atom is -0.380 e. The van der Waals surface area contributed by atoms with E-state index in [0.29, 0.717) is 0 Å². The zero-order chi connectivity index (χ0) is 10.9. The number of hydrogen-bond donors (Lipinski definition) is 1. The summed E-state index contributed by atoms with van der Waals surface area (Å²) < 4.78 is 5.26. The molecule has 4 heteroatoms. The third-order valence-electron chi connectivity index (χ3n) is 2.80. The number of nitrogens with one attached hydrogen (secondary N) is 1. The van der Waals surface area contributed by atoms with Gasteiger partial charge in [0.15, 0.2) is 0 Å². The van der Waals surface area contributed by atoms with Gasteiger partial charge >= 0.3 is 0 Å². The lowest BCUT2D eigenvalue weighted by molar-refractivity contribution is 0.148. The minimum atomic E-state index is 0.809. The molecule has 15 heavy (non-hydrogen) atoms. The van der Waals surface area contributed by atoms with Gasteiger partial charge in [0.05, 0.1) is 6.61 Å². The summed E-state index contributed by atoms with van der Waals surface area (Å²) in [4.78, 5) is 2.48. The fourth-order valence-corrected chi connectivity index (χ4v) is 3.02. The molecule has 0 aromatic carbocycles. The van der Waals surface area contributed by atoms with Crippen LogP contribution in [0.2, 0.25) is 0 Å². The van der Waals surface area contributed by atoms with Gasteiger partial charge in [-0.2, -0.15) is 11.8 Å². The first-order valence-electron chi connectivity index (χ1n) is 5.91. The first-order chi connectivity index (χ1) is 7.34. The number of ether oxygens (including phenoxy) is 1. The summed E-state index contributed by atoms with van der Waals surface area (Å²) in [6.45, 7) is 6.88. The molecule has 0 radical (unpaired) electrons. The van der Waals surface area contributed by atoms with Crippen molar-refractivity contribution in [3.8, 4) is 0 Å². The van der Waals surface area contributed by atoms with Crippen molar-refractivity contribution >= 4 is 11.8 Å². The molecule has 0 amide bonds. The molecule has 0 aliphatic carbocycles. The highest BCUT2D eigenvalue weighted by Gasteiger charge is 2.18. The van der Waals surface area contributed by atoms with E-state index in [-0.39, 0.29) is 0 Å². The Bertz CT molecular complexity index is 152. The Hall–Kier alpha value is 0.230. The van der Waals surface area contributed by atoms with Gasteiger partial charge in [-0.05, 0) is 26.1 Å². The topological polar surface area (TPSA) is 24.5 Å². The fourth-order valence-electron chi connectivity index (χ4n) is 1.72. The van der Waals surface area contributed by atoms with Crippen LogP contribution in [0.5, 0.6) is 0 Å². The predicted octanol–water partition coefficient (Wildman–Crippen LogP) is 1.05. The lowest BCUT2D eigenvalue weighted by Gasteiger charge is -2.23. The first-order valence-corrected chi connectivity index (χ1v) is 7.06. The van der Waals surface area contributed by atoms with Crippen LogP contribution in [0, 0.1) is 0 Å². The molecule has 1 N–H and O–H groups in total. The summed E-state index contributed by atoms with van der Waals surface area (Å²) in [5.74, 6) is 2.65. The van der Waals surface area contributed by atoms with Gasteiger partial charge in [0.25, 0.3) is 0 Å². The summed E-state index contributed by atoms with van der Waals surface area (Å²) in [7, 11) is 2.24. The molecule has 1 unspecified atom stereocenters. The van der Waals surface area contributed by atoms with Crippen LogP contribution in [-0.2, 0) is 4.74 Å². The molecule has 1 aliphatic heterocycles. The van der Waals surface area contributed by atoms with Gasteiger partial charge in [0, 0.05) is 38.0 Å². The van der Waals surface area contributed by atoms with E-state index in [9.17, 15) is 0 Å². The van der Waals surface area contributed by atoms with Crippen molar-refractivity contribution in [2.75, 3.05) is 51.4 Å². The molecule has 0 aromatic rings. The molecule has 3 nitrogen and oxygen atoms in total. The van der Waals surface area contributed by atoms with Crippen LogP contribution in [0.15, 0.2) is 0 Å². The smallest absolute Gasteiger partial charge is 0.0590 e. The van der Waals surface area contributed by atoms with Gasteiger partial charge in [-0.15, -0.1) is 0 Å². The maximum atomic E-state index is 5.26. The van der Waals surface area contributed by atoms with Gasteiger partial charge in [-0.1, -0.05) is 0 Å². The molecule has 0 aromatic heterocycles. The largest absolute Gasteiger partial charge is 0.380 e. The van der Waals surface area contributed by atoms with Crippen LogP contribution in [0.3, 0.4) is 0 Å². The molecule has 1 rings (SSSR count). The monoisotopic (exact) mass is 232 g/mol. The Labute approximate surface area is 97.9 Å². The lowest BCUT2D eigenvalue weighted by Crippen LogP contribution is -2.37. The van der Waals surface area contributed by atoms with Crippen molar-refractivity contribution in [3.63, 3.8) is 0 Å². The maximum absolute atomic E-state index is 5.26. The Morgan fingerprint density at radius 2 is 2.33 bits per heavy atom. The van der Waals surface area contributed by atoms with Crippen LogP contribution in [0.25, 0.3) is 0 Å². The highest BCUT2D eigenvalue weighted by Crippen LogP contribution is 2.20. The van der Waals surface area contributed by atoms with E-state index in [1.165, 1.54) is 17.9 Å². The summed E-state index contributed by atoms with van der Waals surface area (Å²) in [5.41, 5.74) is 0. The van der Waals surface area contributed by atoms with Crippen molar-refractivity contribution in [1.29, 1.82) is 0 Å². The highest BCUT2D eigenvalue weighted by molar-refractivity contribution is 7.99. The van der Waals surface area contributed by atoms with Crippen molar-refractivity contribution in [3.05, 3.63) is 0 Å². The average Bonchev–Trinajstić information content (AvgIpc) is 2.76. The van der Waals surface area contributed by atoms with Crippen LogP contribution in [0.4, 0.5) is 0 Å². The van der Waals surface area contributed by atoms with E-state index in [0.717, 1.165) is 38.9 Å². The molecule has 0 saturated carbocycles. The van der Waals surface area contributed by atoms with Crippen molar-refractivity contribution < 1.29 is 4.74 Å². The zero-order valence-electron chi connectivity index (χ0n) is 10.00. The standard InChI is InChI=1S/C11H24N2OS/c1-3-14-8-6-12-5-7-13(2)11-4-9-15-10-11/h11-12H,3-10H2,1-2H3. The SMILES string of the molecule is CCOCCNCCN(C)C1CCSC1. The molecule has 1 saturated heterocycles. The summed E-state index contributed by atoms with van der Waals surface area (Å²) in [6.07, 6.45) is 1.36. The molecule has 1 fully saturated rings. The normalized spacial score (nSPS) is 21.4. The van der Waals surface area contributed by atoms with Crippen molar-refractivity contribution in [1.82, 2.24) is 10.2 Å². The maximum Gasteiger partial charge on any atom is 0.0590 e. The number of thioether (sulfide) groups is 1. The average molecular weight is 232 g/mol.